The topological polar surface area (TPSA) is 32.3 Å². The van der Waals surface area contributed by atoms with Crippen molar-refractivity contribution in [2.75, 3.05) is 6.54 Å². The van der Waals surface area contributed by atoms with E-state index in [1.165, 1.54) is 23.8 Å². The molecule has 90 valence electrons. The molecule has 2 nitrogen and oxygen atoms in total. The molecule has 0 unspecified atom stereocenters. The van der Waals surface area contributed by atoms with Crippen LogP contribution in [0.4, 0.5) is 4.39 Å². The van der Waals surface area contributed by atoms with Crippen molar-refractivity contribution in [1.29, 1.82) is 0 Å². The summed E-state index contributed by atoms with van der Waals surface area (Å²) in [7, 11) is 0. The molecule has 1 aromatic heterocycles. The lowest BCUT2D eigenvalue weighted by Gasteiger charge is -2.06. The van der Waals surface area contributed by atoms with E-state index in [0.717, 1.165) is 13.0 Å². The van der Waals surface area contributed by atoms with Crippen LogP contribution in [0.5, 0.6) is 5.75 Å². The van der Waals surface area contributed by atoms with Crippen molar-refractivity contribution < 1.29 is 9.50 Å². The van der Waals surface area contributed by atoms with Crippen molar-refractivity contribution in [3.8, 4) is 5.75 Å². The summed E-state index contributed by atoms with van der Waals surface area (Å²) in [5.74, 6) is -0.188. The predicted molar refractivity (Wildman–Crippen MR) is 67.8 cm³/mol. The SMILES string of the molecule is Oc1ccc(F)cc1CNCCc1ccsc1. The lowest BCUT2D eigenvalue weighted by atomic mass is 10.2. The summed E-state index contributed by atoms with van der Waals surface area (Å²) >= 11 is 1.68. The standard InChI is InChI=1S/C13H14FNOS/c14-12-1-2-13(16)11(7-12)8-15-5-3-10-4-6-17-9-10/h1-2,4,6-7,9,15-16H,3,5,8H2. The van der Waals surface area contributed by atoms with Gasteiger partial charge in [-0.1, -0.05) is 0 Å². The van der Waals surface area contributed by atoms with Crippen molar-refractivity contribution in [3.05, 3.63) is 52.0 Å². The number of nitrogens with one attached hydrogen (secondary N) is 1. The van der Waals surface area contributed by atoms with Crippen molar-refractivity contribution in [3.63, 3.8) is 0 Å². The Kier molecular flexibility index (Phi) is 4.12. The summed E-state index contributed by atoms with van der Waals surface area (Å²) in [6, 6.07) is 6.08. The maximum absolute atomic E-state index is 12.9. The van der Waals surface area contributed by atoms with Gasteiger partial charge in [-0.05, 0) is 53.6 Å². The molecule has 0 bridgehead atoms. The molecular formula is C13H14FNOS. The van der Waals surface area contributed by atoms with Gasteiger partial charge in [0.1, 0.15) is 11.6 Å². The van der Waals surface area contributed by atoms with Crippen LogP contribution in [0.15, 0.2) is 35.0 Å². The van der Waals surface area contributed by atoms with E-state index in [2.05, 4.69) is 16.8 Å². The molecule has 0 atom stereocenters. The van der Waals surface area contributed by atoms with Crippen LogP contribution in [0.3, 0.4) is 0 Å². The van der Waals surface area contributed by atoms with Crippen LogP contribution in [-0.4, -0.2) is 11.7 Å². The largest absolute Gasteiger partial charge is 0.508 e. The summed E-state index contributed by atoms with van der Waals surface area (Å²) < 4.78 is 12.9. The molecule has 0 amide bonds. The van der Waals surface area contributed by atoms with Gasteiger partial charge in [0, 0.05) is 12.1 Å². The van der Waals surface area contributed by atoms with Crippen molar-refractivity contribution in [2.45, 2.75) is 13.0 Å². The monoisotopic (exact) mass is 251 g/mol. The van der Waals surface area contributed by atoms with E-state index in [4.69, 9.17) is 0 Å². The normalized spacial score (nSPS) is 10.6. The molecule has 4 heteroatoms. The highest BCUT2D eigenvalue weighted by atomic mass is 32.1. The second-order valence-electron chi connectivity index (χ2n) is 3.83. The minimum Gasteiger partial charge on any atom is -0.508 e. The average molecular weight is 251 g/mol. The molecule has 0 saturated carbocycles. The first kappa shape index (κ1) is 12.1. The second kappa shape index (κ2) is 5.80. The first-order chi connectivity index (χ1) is 8.25. The number of aromatic hydroxyl groups is 1. The Balaban J connectivity index is 1.80. The first-order valence-corrected chi connectivity index (χ1v) is 6.39. The van der Waals surface area contributed by atoms with E-state index in [1.807, 2.05) is 5.38 Å². The summed E-state index contributed by atoms with van der Waals surface area (Å²) in [5.41, 5.74) is 1.89. The van der Waals surface area contributed by atoms with Crippen molar-refractivity contribution in [1.82, 2.24) is 5.32 Å². The summed E-state index contributed by atoms with van der Waals surface area (Å²) in [6.45, 7) is 1.29. The van der Waals surface area contributed by atoms with Gasteiger partial charge in [-0.25, -0.2) is 4.39 Å². The third-order valence-electron chi connectivity index (χ3n) is 2.53. The van der Waals surface area contributed by atoms with Gasteiger partial charge >= 0.3 is 0 Å². The second-order valence-corrected chi connectivity index (χ2v) is 4.61. The van der Waals surface area contributed by atoms with Crippen LogP contribution >= 0.6 is 11.3 Å². The number of hydrogen-bond acceptors (Lipinski definition) is 3. The number of thiophene rings is 1. The molecule has 0 radical (unpaired) electrons. The molecule has 0 aliphatic heterocycles. The average Bonchev–Trinajstić information content (AvgIpc) is 2.82. The zero-order chi connectivity index (χ0) is 12.1. The number of phenolic OH excluding ortho intramolecular Hbond substituents is 1. The van der Waals surface area contributed by atoms with Gasteiger partial charge in [-0.3, -0.25) is 0 Å². The van der Waals surface area contributed by atoms with E-state index >= 15 is 0 Å². The van der Waals surface area contributed by atoms with E-state index in [1.54, 1.807) is 11.3 Å². The third kappa shape index (κ3) is 3.54. The highest BCUT2D eigenvalue weighted by Gasteiger charge is 2.02. The Morgan fingerprint density at radius 3 is 2.94 bits per heavy atom. The molecule has 2 rings (SSSR count). The summed E-state index contributed by atoms with van der Waals surface area (Å²) in [6.07, 6.45) is 0.944. The molecule has 17 heavy (non-hydrogen) atoms. The van der Waals surface area contributed by atoms with Gasteiger partial charge in [0.25, 0.3) is 0 Å². The van der Waals surface area contributed by atoms with Gasteiger partial charge in [-0.2, -0.15) is 11.3 Å². The van der Waals surface area contributed by atoms with Crippen LogP contribution in [0.25, 0.3) is 0 Å². The molecular weight excluding hydrogens is 237 g/mol. The van der Waals surface area contributed by atoms with Crippen LogP contribution in [0, 0.1) is 5.82 Å². The zero-order valence-electron chi connectivity index (χ0n) is 9.32. The Morgan fingerprint density at radius 1 is 1.29 bits per heavy atom. The van der Waals surface area contributed by atoms with E-state index in [9.17, 15) is 9.50 Å². The predicted octanol–water partition coefficient (Wildman–Crippen LogP) is 2.93. The fourth-order valence-corrected chi connectivity index (χ4v) is 2.29. The third-order valence-corrected chi connectivity index (χ3v) is 3.26. The quantitative estimate of drug-likeness (QED) is 0.801. The number of halogens is 1. The minimum atomic E-state index is -0.322. The van der Waals surface area contributed by atoms with E-state index < -0.39 is 0 Å². The van der Waals surface area contributed by atoms with Gasteiger partial charge in [0.05, 0.1) is 0 Å². The molecule has 2 aromatic rings. The van der Waals surface area contributed by atoms with Gasteiger partial charge in [-0.15, -0.1) is 0 Å². The molecule has 1 heterocycles. The molecule has 0 fully saturated rings. The molecule has 0 aliphatic rings. The fourth-order valence-electron chi connectivity index (χ4n) is 1.59. The van der Waals surface area contributed by atoms with Gasteiger partial charge in [0.2, 0.25) is 0 Å². The number of rotatable bonds is 5. The molecule has 0 saturated heterocycles. The van der Waals surface area contributed by atoms with E-state index in [-0.39, 0.29) is 11.6 Å². The molecule has 0 aliphatic carbocycles. The highest BCUT2D eigenvalue weighted by Crippen LogP contribution is 2.17. The Morgan fingerprint density at radius 2 is 2.18 bits per heavy atom. The Bertz CT molecular complexity index is 470. The van der Waals surface area contributed by atoms with Gasteiger partial charge in [0.15, 0.2) is 0 Å². The van der Waals surface area contributed by atoms with Crippen LogP contribution in [0.2, 0.25) is 0 Å². The number of benzene rings is 1. The summed E-state index contributed by atoms with van der Waals surface area (Å²) in [5, 5.41) is 16.9. The molecule has 2 N–H and O–H groups in total. The van der Waals surface area contributed by atoms with Crippen molar-refractivity contribution in [2.24, 2.45) is 0 Å². The Hall–Kier alpha value is -1.39. The molecule has 1 aromatic carbocycles. The molecule has 0 spiro atoms. The highest BCUT2D eigenvalue weighted by molar-refractivity contribution is 7.07. The maximum atomic E-state index is 12.9. The lowest BCUT2D eigenvalue weighted by molar-refractivity contribution is 0.461. The van der Waals surface area contributed by atoms with Crippen molar-refractivity contribution >= 4 is 11.3 Å². The van der Waals surface area contributed by atoms with Crippen LogP contribution < -0.4 is 5.32 Å². The smallest absolute Gasteiger partial charge is 0.123 e. The van der Waals surface area contributed by atoms with Crippen LogP contribution in [-0.2, 0) is 13.0 Å². The minimum absolute atomic E-state index is 0.134. The maximum Gasteiger partial charge on any atom is 0.123 e. The van der Waals surface area contributed by atoms with Gasteiger partial charge < -0.3 is 10.4 Å². The number of hydrogen-bond donors (Lipinski definition) is 2. The lowest BCUT2D eigenvalue weighted by Crippen LogP contribution is -2.16. The Labute approximate surface area is 104 Å². The van der Waals surface area contributed by atoms with Crippen LogP contribution in [0.1, 0.15) is 11.1 Å². The zero-order valence-corrected chi connectivity index (χ0v) is 10.1. The fraction of sp³-hybridized carbons (Fsp3) is 0.231. The number of phenols is 1. The van der Waals surface area contributed by atoms with E-state index in [0.29, 0.717) is 12.1 Å². The summed E-state index contributed by atoms with van der Waals surface area (Å²) in [4.78, 5) is 0. The first-order valence-electron chi connectivity index (χ1n) is 5.45.